The molecule has 0 heterocycles. The van der Waals surface area contributed by atoms with Crippen LogP contribution in [-0.2, 0) is 23.9 Å². The van der Waals surface area contributed by atoms with Crippen LogP contribution in [-0.4, -0.2) is 42.6 Å². The molecule has 7 heteroatoms. The molecule has 1 fully saturated rings. The van der Waals surface area contributed by atoms with E-state index in [0.717, 1.165) is 20.3 Å². The van der Waals surface area contributed by atoms with Crippen molar-refractivity contribution in [1.29, 1.82) is 0 Å². The van der Waals surface area contributed by atoms with Gasteiger partial charge in [-0.3, -0.25) is 14.4 Å². The first-order valence-corrected chi connectivity index (χ1v) is 7.39. The van der Waals surface area contributed by atoms with E-state index in [4.69, 9.17) is 4.74 Å². The molecule has 1 N–H and O–H groups in total. The lowest BCUT2D eigenvalue weighted by atomic mass is 9.61. The van der Waals surface area contributed by atoms with Crippen LogP contribution < -0.4 is 0 Å². The van der Waals surface area contributed by atoms with Crippen LogP contribution >= 0.6 is 0 Å². The van der Waals surface area contributed by atoms with Gasteiger partial charge in [0.25, 0.3) is 0 Å². The number of benzene rings is 1. The summed E-state index contributed by atoms with van der Waals surface area (Å²) in [6.45, 7) is 1.30. The first-order valence-electron chi connectivity index (χ1n) is 7.39. The zero-order valence-electron chi connectivity index (χ0n) is 13.6. The maximum Gasteiger partial charge on any atom is 0.316 e. The highest BCUT2D eigenvalue weighted by atomic mass is 19.1. The van der Waals surface area contributed by atoms with Gasteiger partial charge >= 0.3 is 11.9 Å². The normalized spacial score (nSPS) is 29.9. The van der Waals surface area contributed by atoms with Crippen LogP contribution in [0.25, 0.3) is 0 Å². The van der Waals surface area contributed by atoms with Crippen molar-refractivity contribution in [2.45, 2.75) is 24.9 Å². The van der Waals surface area contributed by atoms with Crippen molar-refractivity contribution in [3.05, 3.63) is 35.6 Å². The van der Waals surface area contributed by atoms with Crippen molar-refractivity contribution in [2.75, 3.05) is 14.2 Å². The van der Waals surface area contributed by atoms with E-state index >= 15 is 0 Å². The van der Waals surface area contributed by atoms with E-state index < -0.39 is 53.3 Å². The lowest BCUT2D eigenvalue weighted by molar-refractivity contribution is -0.170. The van der Waals surface area contributed by atoms with Gasteiger partial charge in [0.15, 0.2) is 5.78 Å². The Balaban J connectivity index is 2.68. The molecular weight excluding hydrogens is 319 g/mol. The predicted octanol–water partition coefficient (Wildman–Crippen LogP) is 1.21. The molecule has 2 rings (SSSR count). The van der Waals surface area contributed by atoms with E-state index in [2.05, 4.69) is 4.74 Å². The van der Waals surface area contributed by atoms with Crippen LogP contribution in [0.1, 0.15) is 24.8 Å². The second-order valence-corrected chi connectivity index (χ2v) is 6.05. The van der Waals surface area contributed by atoms with Crippen molar-refractivity contribution in [1.82, 2.24) is 0 Å². The molecule has 1 aliphatic rings. The van der Waals surface area contributed by atoms with Crippen LogP contribution in [0.2, 0.25) is 0 Å². The fraction of sp³-hybridized carbons (Fsp3) is 0.471. The number of carbonyl (C=O) groups is 3. The molecule has 0 saturated heterocycles. The van der Waals surface area contributed by atoms with Gasteiger partial charge in [-0.25, -0.2) is 4.39 Å². The summed E-state index contributed by atoms with van der Waals surface area (Å²) in [5, 5.41) is 10.6. The summed E-state index contributed by atoms with van der Waals surface area (Å²) >= 11 is 0. The van der Waals surface area contributed by atoms with E-state index in [1.165, 1.54) is 25.1 Å². The van der Waals surface area contributed by atoms with Gasteiger partial charge in [0.2, 0.25) is 0 Å². The minimum atomic E-state index is -1.78. The molecule has 4 atom stereocenters. The van der Waals surface area contributed by atoms with Gasteiger partial charge in [0, 0.05) is 12.3 Å². The van der Waals surface area contributed by atoms with Crippen LogP contribution in [0.5, 0.6) is 0 Å². The molecule has 1 aromatic carbocycles. The fourth-order valence-electron chi connectivity index (χ4n) is 3.39. The minimum Gasteiger partial charge on any atom is -0.469 e. The topological polar surface area (TPSA) is 89.9 Å². The number of hydrogen-bond donors (Lipinski definition) is 1. The lowest BCUT2D eigenvalue weighted by Gasteiger charge is -2.43. The summed E-state index contributed by atoms with van der Waals surface area (Å²) in [7, 11) is 2.23. The third kappa shape index (κ3) is 3.03. The second-order valence-electron chi connectivity index (χ2n) is 6.05. The molecule has 0 aromatic heterocycles. The average Bonchev–Trinajstić information content (AvgIpc) is 2.52. The first kappa shape index (κ1) is 18.1. The number of methoxy groups -OCH3 is 2. The van der Waals surface area contributed by atoms with E-state index in [0.29, 0.717) is 0 Å². The second kappa shape index (κ2) is 6.68. The molecule has 0 amide bonds. The van der Waals surface area contributed by atoms with Gasteiger partial charge in [-0.05, 0) is 18.6 Å². The molecule has 130 valence electrons. The van der Waals surface area contributed by atoms with E-state index in [1.54, 1.807) is 0 Å². The van der Waals surface area contributed by atoms with E-state index in [9.17, 15) is 23.9 Å². The first-order chi connectivity index (χ1) is 11.2. The van der Waals surface area contributed by atoms with Gasteiger partial charge in [0.1, 0.15) is 11.7 Å². The summed E-state index contributed by atoms with van der Waals surface area (Å²) in [5.74, 6) is -6.90. The number of Topliss-reactive ketones (excluding diaryl/α,β-unsaturated/α-hetero) is 1. The summed E-state index contributed by atoms with van der Waals surface area (Å²) < 4.78 is 23.7. The van der Waals surface area contributed by atoms with Crippen LogP contribution in [0.3, 0.4) is 0 Å². The molecule has 0 aliphatic heterocycles. The zero-order valence-corrected chi connectivity index (χ0v) is 13.6. The summed E-state index contributed by atoms with van der Waals surface area (Å²) in [6.07, 6.45) is -0.433. The number of aliphatic hydroxyl groups is 1. The Bertz CT molecular complexity index is 669. The highest BCUT2D eigenvalue weighted by Gasteiger charge is 2.57. The molecule has 24 heavy (non-hydrogen) atoms. The summed E-state index contributed by atoms with van der Waals surface area (Å²) in [5.41, 5.74) is -1.79. The Morgan fingerprint density at radius 2 is 1.79 bits per heavy atom. The molecule has 0 radical (unpaired) electrons. The zero-order chi connectivity index (χ0) is 18.1. The van der Waals surface area contributed by atoms with Gasteiger partial charge in [-0.15, -0.1) is 0 Å². The summed E-state index contributed by atoms with van der Waals surface area (Å²) in [4.78, 5) is 36.8. The molecule has 1 saturated carbocycles. The standard InChI is InChI=1S/C17H19FO6/c1-17(22)8-11(19)13(15(20)23-2)12(14(17)16(21)24-3)9-6-4-5-7-10(9)18/h4-7,12-14,22H,8H2,1-3H3/t12-,13+,14-,17-/m1/s1. The maximum atomic E-state index is 14.3. The Morgan fingerprint density at radius 3 is 2.33 bits per heavy atom. The van der Waals surface area contributed by atoms with Crippen molar-refractivity contribution in [3.8, 4) is 0 Å². The highest BCUT2D eigenvalue weighted by molar-refractivity contribution is 6.02. The largest absolute Gasteiger partial charge is 0.469 e. The number of halogens is 1. The van der Waals surface area contributed by atoms with Crippen molar-refractivity contribution in [2.24, 2.45) is 11.8 Å². The monoisotopic (exact) mass is 338 g/mol. The van der Waals surface area contributed by atoms with Crippen LogP contribution in [0, 0.1) is 17.7 Å². The average molecular weight is 338 g/mol. The van der Waals surface area contributed by atoms with Crippen LogP contribution in [0.15, 0.2) is 24.3 Å². The number of hydrogen-bond acceptors (Lipinski definition) is 6. The molecule has 0 bridgehead atoms. The van der Waals surface area contributed by atoms with Gasteiger partial charge in [-0.1, -0.05) is 18.2 Å². The Hall–Kier alpha value is -2.28. The van der Waals surface area contributed by atoms with Crippen molar-refractivity contribution < 1.29 is 33.4 Å². The Labute approximate surface area is 138 Å². The number of ether oxygens (including phenoxy) is 2. The number of rotatable bonds is 3. The highest BCUT2D eigenvalue weighted by Crippen LogP contribution is 2.47. The van der Waals surface area contributed by atoms with Crippen molar-refractivity contribution >= 4 is 17.7 Å². The molecule has 6 nitrogen and oxygen atoms in total. The van der Waals surface area contributed by atoms with Gasteiger partial charge in [0.05, 0.1) is 25.7 Å². The minimum absolute atomic E-state index is 0.0170. The Kier molecular flexibility index (Phi) is 5.03. The quantitative estimate of drug-likeness (QED) is 0.658. The van der Waals surface area contributed by atoms with Crippen molar-refractivity contribution in [3.63, 3.8) is 0 Å². The van der Waals surface area contributed by atoms with Crippen LogP contribution in [0.4, 0.5) is 4.39 Å². The number of ketones is 1. The SMILES string of the molecule is COC(=O)[C@H]1C(=O)C[C@@](C)(O)[C@@H](C(=O)OC)[C@@H]1c1ccccc1F. The molecular formula is C17H19FO6. The Morgan fingerprint density at radius 1 is 1.21 bits per heavy atom. The smallest absolute Gasteiger partial charge is 0.316 e. The fourth-order valence-corrected chi connectivity index (χ4v) is 3.39. The number of carbonyl (C=O) groups excluding carboxylic acids is 3. The molecule has 1 aliphatic carbocycles. The molecule has 0 spiro atoms. The molecule has 1 aromatic rings. The van der Waals surface area contributed by atoms with Gasteiger partial charge < -0.3 is 14.6 Å². The summed E-state index contributed by atoms with van der Waals surface area (Å²) in [6, 6.07) is 5.50. The third-order valence-corrected chi connectivity index (χ3v) is 4.44. The lowest BCUT2D eigenvalue weighted by Crippen LogP contribution is -2.55. The maximum absolute atomic E-state index is 14.3. The third-order valence-electron chi connectivity index (χ3n) is 4.44. The van der Waals surface area contributed by atoms with Gasteiger partial charge in [-0.2, -0.15) is 0 Å². The van der Waals surface area contributed by atoms with E-state index in [1.807, 2.05) is 0 Å². The van der Waals surface area contributed by atoms with E-state index in [-0.39, 0.29) is 5.56 Å². The predicted molar refractivity (Wildman–Crippen MR) is 80.4 cm³/mol. The molecule has 0 unspecified atom stereocenters. The number of esters is 2.